The van der Waals surface area contributed by atoms with E-state index in [2.05, 4.69) is 9.97 Å². The Bertz CT molecular complexity index is 296. The van der Waals surface area contributed by atoms with E-state index in [0.29, 0.717) is 5.82 Å². The predicted molar refractivity (Wildman–Crippen MR) is 39.8 cm³/mol. The van der Waals surface area contributed by atoms with Crippen LogP contribution in [0.2, 0.25) is 0 Å². The number of allylic oxidation sites excluding steroid dienone is 1. The van der Waals surface area contributed by atoms with Gasteiger partial charge in [-0.2, -0.15) is 5.26 Å². The number of hydrogen-bond donors (Lipinski definition) is 1. The number of nitriles is 1. The summed E-state index contributed by atoms with van der Waals surface area (Å²) in [6.45, 7) is 0. The van der Waals surface area contributed by atoms with Crippen molar-refractivity contribution in [3.63, 3.8) is 0 Å². The van der Waals surface area contributed by atoms with E-state index >= 15 is 0 Å². The molecule has 0 aliphatic heterocycles. The number of hydrogen-bond acceptors (Lipinski definition) is 4. The summed E-state index contributed by atoms with van der Waals surface area (Å²) in [5.41, 5.74) is 5.70. The van der Waals surface area contributed by atoms with E-state index in [-0.39, 0.29) is 5.70 Å². The average molecular weight is 146 g/mol. The molecule has 54 valence electrons. The van der Waals surface area contributed by atoms with Gasteiger partial charge in [0.1, 0.15) is 0 Å². The summed E-state index contributed by atoms with van der Waals surface area (Å²) in [5.74, 6) is 0.383. The van der Waals surface area contributed by atoms with Crippen molar-refractivity contribution in [1.29, 1.82) is 5.26 Å². The molecule has 0 aliphatic carbocycles. The van der Waals surface area contributed by atoms with Crippen molar-refractivity contribution >= 4 is 5.70 Å². The third-order valence-electron chi connectivity index (χ3n) is 1.04. The maximum Gasteiger partial charge on any atom is 0.176 e. The zero-order chi connectivity index (χ0) is 8.10. The van der Waals surface area contributed by atoms with Crippen LogP contribution in [0.3, 0.4) is 0 Å². The molecule has 0 fully saturated rings. The third-order valence-corrected chi connectivity index (χ3v) is 1.04. The van der Waals surface area contributed by atoms with E-state index in [0.717, 1.165) is 0 Å². The topological polar surface area (TPSA) is 75.6 Å². The molecule has 11 heavy (non-hydrogen) atoms. The molecule has 0 radical (unpaired) electrons. The molecule has 1 aromatic heterocycles. The fourth-order valence-corrected chi connectivity index (χ4v) is 0.582. The second-order valence-corrected chi connectivity index (χ2v) is 1.80. The lowest BCUT2D eigenvalue weighted by molar-refractivity contribution is 1.11. The molecule has 0 amide bonds. The van der Waals surface area contributed by atoms with Gasteiger partial charge in [0.25, 0.3) is 0 Å². The predicted octanol–water partition coefficient (Wildman–Crippen LogP) is 0.300. The van der Waals surface area contributed by atoms with Crippen LogP contribution in [0.25, 0.3) is 5.70 Å². The molecule has 0 bridgehead atoms. The fraction of sp³-hybridized carbons (Fsp3) is 0. The molecule has 0 aliphatic rings. The first-order chi connectivity index (χ1) is 5.34. The summed E-state index contributed by atoms with van der Waals surface area (Å²) in [7, 11) is 0. The highest BCUT2D eigenvalue weighted by Gasteiger charge is 1.95. The van der Waals surface area contributed by atoms with Gasteiger partial charge >= 0.3 is 0 Å². The Labute approximate surface area is 64.0 Å². The Balaban J connectivity index is 2.96. The summed E-state index contributed by atoms with van der Waals surface area (Å²) in [6.07, 6.45) is 4.34. The van der Waals surface area contributed by atoms with Crippen LogP contribution in [-0.2, 0) is 0 Å². The van der Waals surface area contributed by atoms with Gasteiger partial charge in [-0.1, -0.05) is 0 Å². The molecule has 0 unspecified atom stereocenters. The van der Waals surface area contributed by atoms with Crippen molar-refractivity contribution in [1.82, 2.24) is 9.97 Å². The van der Waals surface area contributed by atoms with E-state index in [9.17, 15) is 0 Å². The maximum absolute atomic E-state index is 8.24. The summed E-state index contributed by atoms with van der Waals surface area (Å²) in [5, 5.41) is 8.24. The number of nitrogens with two attached hydrogens (primary N) is 1. The van der Waals surface area contributed by atoms with Crippen LogP contribution in [0.4, 0.5) is 0 Å². The third kappa shape index (κ3) is 1.76. The quantitative estimate of drug-likeness (QED) is 0.578. The van der Waals surface area contributed by atoms with Crippen molar-refractivity contribution in [3.8, 4) is 6.07 Å². The molecule has 0 saturated carbocycles. The summed E-state index contributed by atoms with van der Waals surface area (Å²) in [6, 6.07) is 3.48. The lowest BCUT2D eigenvalue weighted by Gasteiger charge is -1.93. The Kier molecular flexibility index (Phi) is 2.18. The number of nitrogens with zero attached hydrogens (tertiary/aromatic N) is 3. The molecule has 4 nitrogen and oxygen atoms in total. The van der Waals surface area contributed by atoms with E-state index in [1.807, 2.05) is 0 Å². The van der Waals surface area contributed by atoms with Crippen molar-refractivity contribution in [3.05, 3.63) is 30.4 Å². The summed E-state index contributed by atoms with van der Waals surface area (Å²) >= 11 is 0. The molecule has 0 aromatic carbocycles. The van der Waals surface area contributed by atoms with Gasteiger partial charge in [-0.15, -0.1) is 0 Å². The Morgan fingerprint density at radius 3 is 2.73 bits per heavy atom. The van der Waals surface area contributed by atoms with Crippen LogP contribution in [0.5, 0.6) is 0 Å². The standard InChI is InChI=1S/C7H6N4/c8-3-2-6(9)7-10-4-1-5-11-7/h1-2,4-5H,9H2/b6-2+. The highest BCUT2D eigenvalue weighted by Crippen LogP contribution is 1.97. The van der Waals surface area contributed by atoms with E-state index < -0.39 is 0 Å². The zero-order valence-corrected chi connectivity index (χ0v) is 5.73. The van der Waals surface area contributed by atoms with Crippen LogP contribution >= 0.6 is 0 Å². The van der Waals surface area contributed by atoms with Gasteiger partial charge in [0.15, 0.2) is 5.82 Å². The molecule has 1 rings (SSSR count). The normalized spacial score (nSPS) is 10.6. The van der Waals surface area contributed by atoms with Crippen LogP contribution in [-0.4, -0.2) is 9.97 Å². The van der Waals surface area contributed by atoms with E-state index in [1.165, 1.54) is 6.08 Å². The van der Waals surface area contributed by atoms with E-state index in [1.54, 1.807) is 24.5 Å². The minimum Gasteiger partial charge on any atom is -0.395 e. The number of aromatic nitrogens is 2. The molecule has 2 N–H and O–H groups in total. The van der Waals surface area contributed by atoms with Crippen LogP contribution in [0.15, 0.2) is 24.5 Å². The molecular weight excluding hydrogens is 140 g/mol. The maximum atomic E-state index is 8.24. The largest absolute Gasteiger partial charge is 0.395 e. The summed E-state index contributed by atoms with van der Waals surface area (Å²) < 4.78 is 0. The molecule has 1 heterocycles. The van der Waals surface area contributed by atoms with Gasteiger partial charge in [-0.25, -0.2) is 9.97 Å². The van der Waals surface area contributed by atoms with Crippen molar-refractivity contribution in [2.45, 2.75) is 0 Å². The minimum atomic E-state index is 0.285. The van der Waals surface area contributed by atoms with Gasteiger partial charge in [-0.3, -0.25) is 0 Å². The van der Waals surface area contributed by atoms with Crippen molar-refractivity contribution in [2.24, 2.45) is 5.73 Å². The molecule has 4 heteroatoms. The molecule has 0 atom stereocenters. The molecule has 1 aromatic rings. The Morgan fingerprint density at radius 1 is 1.55 bits per heavy atom. The number of rotatable bonds is 1. The van der Waals surface area contributed by atoms with Crippen LogP contribution < -0.4 is 5.73 Å². The van der Waals surface area contributed by atoms with E-state index in [4.69, 9.17) is 11.0 Å². The minimum absolute atomic E-state index is 0.285. The average Bonchev–Trinajstić information content (AvgIpc) is 2.07. The first kappa shape index (κ1) is 7.22. The van der Waals surface area contributed by atoms with Crippen molar-refractivity contribution < 1.29 is 0 Å². The lowest BCUT2D eigenvalue weighted by Crippen LogP contribution is -2.00. The highest BCUT2D eigenvalue weighted by molar-refractivity contribution is 5.58. The monoisotopic (exact) mass is 146 g/mol. The van der Waals surface area contributed by atoms with Crippen LogP contribution in [0.1, 0.15) is 5.82 Å². The Morgan fingerprint density at radius 2 is 2.18 bits per heavy atom. The SMILES string of the molecule is N#C/C=C(/N)c1ncccn1. The summed E-state index contributed by atoms with van der Waals surface area (Å²) in [4.78, 5) is 7.68. The smallest absolute Gasteiger partial charge is 0.176 e. The fourth-order valence-electron chi connectivity index (χ4n) is 0.582. The van der Waals surface area contributed by atoms with Crippen LogP contribution in [0, 0.1) is 11.3 Å². The first-order valence-electron chi connectivity index (χ1n) is 2.97. The second-order valence-electron chi connectivity index (χ2n) is 1.80. The van der Waals surface area contributed by atoms with Gasteiger partial charge in [-0.05, 0) is 6.07 Å². The Hall–Kier alpha value is -1.89. The van der Waals surface area contributed by atoms with Crippen molar-refractivity contribution in [2.75, 3.05) is 0 Å². The second kappa shape index (κ2) is 3.32. The van der Waals surface area contributed by atoms with Gasteiger partial charge < -0.3 is 5.73 Å². The highest BCUT2D eigenvalue weighted by atomic mass is 14.9. The van der Waals surface area contributed by atoms with Gasteiger partial charge in [0.2, 0.25) is 0 Å². The molecule has 0 spiro atoms. The molecular formula is C7H6N4. The van der Waals surface area contributed by atoms with Gasteiger partial charge in [0, 0.05) is 18.5 Å². The lowest BCUT2D eigenvalue weighted by atomic mass is 10.4. The zero-order valence-electron chi connectivity index (χ0n) is 5.73. The van der Waals surface area contributed by atoms with Gasteiger partial charge in [0.05, 0.1) is 11.8 Å². The first-order valence-corrected chi connectivity index (χ1v) is 2.97. The molecule has 0 saturated heterocycles.